The standard InChI is InChI=1S/C21H25NO4S/c1-17-7-9-20(10-8-17)26-15-21(23)22(19-12-14-27(24,25)16-19)13-11-18-5-3-2-4-6-18/h2-10,19H,11-16H2,1H3/t19-/m1/s1. The fourth-order valence-electron chi connectivity index (χ4n) is 3.29. The molecule has 3 rings (SSSR count). The Kier molecular flexibility index (Phi) is 6.16. The molecular weight excluding hydrogens is 362 g/mol. The maximum absolute atomic E-state index is 12.8. The van der Waals surface area contributed by atoms with Crippen molar-refractivity contribution in [3.05, 3.63) is 65.7 Å². The first-order valence-electron chi connectivity index (χ1n) is 9.16. The lowest BCUT2D eigenvalue weighted by atomic mass is 10.1. The number of benzene rings is 2. The molecule has 1 fully saturated rings. The van der Waals surface area contributed by atoms with Gasteiger partial charge >= 0.3 is 0 Å². The lowest BCUT2D eigenvalue weighted by Crippen LogP contribution is -2.44. The van der Waals surface area contributed by atoms with Crippen molar-refractivity contribution < 1.29 is 17.9 Å². The van der Waals surface area contributed by atoms with Gasteiger partial charge in [0.25, 0.3) is 5.91 Å². The molecule has 1 saturated heterocycles. The molecule has 0 aliphatic carbocycles. The van der Waals surface area contributed by atoms with E-state index in [0.29, 0.717) is 25.1 Å². The smallest absolute Gasteiger partial charge is 0.260 e. The Balaban J connectivity index is 1.66. The second-order valence-electron chi connectivity index (χ2n) is 6.98. The van der Waals surface area contributed by atoms with E-state index in [0.717, 1.165) is 11.1 Å². The van der Waals surface area contributed by atoms with Gasteiger partial charge in [-0.1, -0.05) is 48.0 Å². The number of rotatable bonds is 7. The quantitative estimate of drug-likeness (QED) is 0.733. The van der Waals surface area contributed by atoms with E-state index in [9.17, 15) is 13.2 Å². The van der Waals surface area contributed by atoms with Crippen LogP contribution in [0.1, 0.15) is 17.5 Å². The summed E-state index contributed by atoms with van der Waals surface area (Å²) in [5.41, 5.74) is 2.24. The highest BCUT2D eigenvalue weighted by Crippen LogP contribution is 2.19. The molecule has 1 aliphatic heterocycles. The molecule has 6 heteroatoms. The lowest BCUT2D eigenvalue weighted by molar-refractivity contribution is -0.135. The van der Waals surface area contributed by atoms with Crippen LogP contribution in [0, 0.1) is 6.92 Å². The average Bonchev–Trinajstić information content (AvgIpc) is 3.02. The number of nitrogens with zero attached hydrogens (tertiary/aromatic N) is 1. The molecule has 0 N–H and O–H groups in total. The van der Waals surface area contributed by atoms with Crippen molar-refractivity contribution in [2.45, 2.75) is 25.8 Å². The molecule has 1 aliphatic rings. The summed E-state index contributed by atoms with van der Waals surface area (Å²) in [6, 6.07) is 17.1. The van der Waals surface area contributed by atoms with Gasteiger partial charge < -0.3 is 9.64 Å². The van der Waals surface area contributed by atoms with Gasteiger partial charge in [-0.2, -0.15) is 0 Å². The molecule has 0 saturated carbocycles. The number of ether oxygens (including phenoxy) is 1. The molecule has 0 unspecified atom stereocenters. The predicted molar refractivity (Wildman–Crippen MR) is 106 cm³/mol. The summed E-state index contributed by atoms with van der Waals surface area (Å²) >= 11 is 0. The maximum Gasteiger partial charge on any atom is 0.260 e. The Hall–Kier alpha value is -2.34. The second-order valence-corrected chi connectivity index (χ2v) is 9.21. The van der Waals surface area contributed by atoms with Crippen molar-refractivity contribution >= 4 is 15.7 Å². The summed E-state index contributed by atoms with van der Waals surface area (Å²) in [7, 11) is -3.06. The zero-order valence-electron chi connectivity index (χ0n) is 15.5. The fraction of sp³-hybridized carbons (Fsp3) is 0.381. The number of amides is 1. The molecule has 1 amide bonds. The molecule has 2 aromatic rings. The van der Waals surface area contributed by atoms with Gasteiger partial charge in [0, 0.05) is 12.6 Å². The summed E-state index contributed by atoms with van der Waals surface area (Å²) in [5.74, 6) is 0.647. The number of carbonyl (C=O) groups excluding carboxylic acids is 1. The summed E-state index contributed by atoms with van der Waals surface area (Å²) in [6.07, 6.45) is 1.18. The van der Waals surface area contributed by atoms with Crippen molar-refractivity contribution in [1.29, 1.82) is 0 Å². The van der Waals surface area contributed by atoms with Crippen molar-refractivity contribution in [3.8, 4) is 5.75 Å². The molecule has 0 spiro atoms. The highest BCUT2D eigenvalue weighted by Gasteiger charge is 2.34. The number of hydrogen-bond donors (Lipinski definition) is 0. The molecule has 5 nitrogen and oxygen atoms in total. The Bertz CT molecular complexity index is 863. The molecule has 0 bridgehead atoms. The van der Waals surface area contributed by atoms with Crippen LogP contribution in [0.4, 0.5) is 0 Å². The molecular formula is C21H25NO4S. The minimum Gasteiger partial charge on any atom is -0.484 e. The largest absolute Gasteiger partial charge is 0.484 e. The van der Waals surface area contributed by atoms with E-state index in [2.05, 4.69) is 0 Å². The number of carbonyl (C=O) groups is 1. The number of aryl methyl sites for hydroxylation is 1. The fourth-order valence-corrected chi connectivity index (χ4v) is 5.02. The van der Waals surface area contributed by atoms with Crippen LogP contribution >= 0.6 is 0 Å². The van der Waals surface area contributed by atoms with Gasteiger partial charge in [0.15, 0.2) is 16.4 Å². The molecule has 0 aromatic heterocycles. The Morgan fingerprint density at radius 2 is 1.81 bits per heavy atom. The molecule has 2 aromatic carbocycles. The second kappa shape index (κ2) is 8.57. The minimum absolute atomic E-state index is 0.0397. The van der Waals surface area contributed by atoms with E-state index >= 15 is 0 Å². The summed E-state index contributed by atoms with van der Waals surface area (Å²) in [6.45, 7) is 2.38. The zero-order valence-corrected chi connectivity index (χ0v) is 16.3. The van der Waals surface area contributed by atoms with E-state index in [1.165, 1.54) is 0 Å². The summed E-state index contributed by atoms with van der Waals surface area (Å²) < 4.78 is 29.4. The van der Waals surface area contributed by atoms with Gasteiger partial charge in [-0.3, -0.25) is 4.79 Å². The highest BCUT2D eigenvalue weighted by molar-refractivity contribution is 7.91. The van der Waals surface area contributed by atoms with Crippen molar-refractivity contribution in [3.63, 3.8) is 0 Å². The first-order valence-corrected chi connectivity index (χ1v) is 11.0. The minimum atomic E-state index is -3.06. The van der Waals surface area contributed by atoms with Crippen molar-refractivity contribution in [2.75, 3.05) is 24.7 Å². The molecule has 1 heterocycles. The molecule has 1 atom stereocenters. The molecule has 27 heavy (non-hydrogen) atoms. The van der Waals surface area contributed by atoms with E-state index in [4.69, 9.17) is 4.74 Å². The monoisotopic (exact) mass is 387 g/mol. The third-order valence-electron chi connectivity index (χ3n) is 4.84. The van der Waals surface area contributed by atoms with Crippen molar-refractivity contribution in [2.24, 2.45) is 0 Å². The van der Waals surface area contributed by atoms with E-state index in [1.807, 2.05) is 61.5 Å². The summed E-state index contributed by atoms with van der Waals surface area (Å²) in [4.78, 5) is 14.5. The van der Waals surface area contributed by atoms with Crippen LogP contribution in [-0.2, 0) is 21.1 Å². The van der Waals surface area contributed by atoms with Crippen LogP contribution in [0.15, 0.2) is 54.6 Å². The third-order valence-corrected chi connectivity index (χ3v) is 6.59. The summed E-state index contributed by atoms with van der Waals surface area (Å²) in [5, 5.41) is 0. The predicted octanol–water partition coefficient (Wildman–Crippen LogP) is 2.63. The maximum atomic E-state index is 12.8. The van der Waals surface area contributed by atoms with E-state index in [1.54, 1.807) is 4.90 Å². The van der Waals surface area contributed by atoms with Crippen LogP contribution in [-0.4, -0.2) is 49.9 Å². The van der Waals surface area contributed by atoms with Crippen molar-refractivity contribution in [1.82, 2.24) is 4.90 Å². The van der Waals surface area contributed by atoms with Gasteiger partial charge in [-0.05, 0) is 37.5 Å². The topological polar surface area (TPSA) is 63.7 Å². The zero-order chi connectivity index (χ0) is 19.3. The van der Waals surface area contributed by atoms with E-state index in [-0.39, 0.29) is 30.1 Å². The Morgan fingerprint density at radius 1 is 1.11 bits per heavy atom. The Morgan fingerprint density at radius 3 is 2.44 bits per heavy atom. The van der Waals surface area contributed by atoms with Crippen LogP contribution in [0.25, 0.3) is 0 Å². The van der Waals surface area contributed by atoms with Gasteiger partial charge in [-0.15, -0.1) is 0 Å². The normalized spacial score (nSPS) is 18.2. The average molecular weight is 388 g/mol. The number of sulfone groups is 1. The van der Waals surface area contributed by atoms with E-state index < -0.39 is 9.84 Å². The highest BCUT2D eigenvalue weighted by atomic mass is 32.2. The van der Waals surface area contributed by atoms with Gasteiger partial charge in [0.2, 0.25) is 0 Å². The molecule has 0 radical (unpaired) electrons. The molecule has 144 valence electrons. The lowest BCUT2D eigenvalue weighted by Gasteiger charge is -2.28. The SMILES string of the molecule is Cc1ccc(OCC(=O)N(CCc2ccccc2)[C@@H]2CCS(=O)(=O)C2)cc1. The van der Waals surface area contributed by atoms with Crippen LogP contribution in [0.5, 0.6) is 5.75 Å². The first-order chi connectivity index (χ1) is 12.9. The van der Waals surface area contributed by atoms with Gasteiger partial charge in [0.1, 0.15) is 5.75 Å². The Labute approximate surface area is 160 Å². The van der Waals surface area contributed by atoms with Gasteiger partial charge in [0.05, 0.1) is 11.5 Å². The number of hydrogen-bond acceptors (Lipinski definition) is 4. The van der Waals surface area contributed by atoms with Crippen LogP contribution in [0.3, 0.4) is 0 Å². The third kappa shape index (κ3) is 5.57. The first kappa shape index (κ1) is 19.4. The van der Waals surface area contributed by atoms with Crippen LogP contribution in [0.2, 0.25) is 0 Å². The van der Waals surface area contributed by atoms with Crippen LogP contribution < -0.4 is 4.74 Å². The van der Waals surface area contributed by atoms with Gasteiger partial charge in [-0.25, -0.2) is 8.42 Å².